The number of ether oxygens (including phenoxy) is 3. The Hall–Kier alpha value is -2.56. The van der Waals surface area contributed by atoms with Gasteiger partial charge in [-0.3, -0.25) is 4.98 Å². The summed E-state index contributed by atoms with van der Waals surface area (Å²) in [7, 11) is 0. The van der Waals surface area contributed by atoms with Gasteiger partial charge in [-0.15, -0.1) is 0 Å². The van der Waals surface area contributed by atoms with Gasteiger partial charge in [0.1, 0.15) is 5.75 Å². The number of esters is 1. The van der Waals surface area contributed by atoms with Gasteiger partial charge in [0.15, 0.2) is 11.5 Å². The smallest absolute Gasteiger partial charge is 0.343 e. The molecule has 0 aliphatic rings. The number of rotatable bonds is 16. The van der Waals surface area contributed by atoms with Crippen molar-refractivity contribution in [2.75, 3.05) is 13.2 Å². The third kappa shape index (κ3) is 9.86. The third-order valence-corrected chi connectivity index (χ3v) is 5.04. The Morgan fingerprint density at radius 1 is 0.806 bits per heavy atom. The molecule has 0 atom stereocenters. The van der Waals surface area contributed by atoms with Crippen LogP contribution < -0.4 is 14.2 Å². The number of hydrogen-bond acceptors (Lipinski definition) is 5. The van der Waals surface area contributed by atoms with Gasteiger partial charge in [-0.1, -0.05) is 65.2 Å². The zero-order valence-electron chi connectivity index (χ0n) is 19.1. The Kier molecular flexibility index (Phi) is 12.2. The molecule has 0 saturated heterocycles. The Morgan fingerprint density at radius 2 is 1.45 bits per heavy atom. The Bertz CT molecular complexity index is 748. The fourth-order valence-electron chi connectivity index (χ4n) is 3.22. The second-order valence-corrected chi connectivity index (χ2v) is 7.77. The van der Waals surface area contributed by atoms with Gasteiger partial charge in [-0.05, 0) is 43.2 Å². The molecular weight excluding hydrogens is 390 g/mol. The Morgan fingerprint density at radius 3 is 2.06 bits per heavy atom. The molecule has 5 nitrogen and oxygen atoms in total. The van der Waals surface area contributed by atoms with Crippen LogP contribution in [0.1, 0.15) is 88.4 Å². The summed E-state index contributed by atoms with van der Waals surface area (Å²) in [5.41, 5.74) is 0.431. The first-order chi connectivity index (χ1) is 15.2. The van der Waals surface area contributed by atoms with E-state index in [2.05, 4.69) is 18.8 Å². The zero-order chi connectivity index (χ0) is 22.2. The lowest BCUT2D eigenvalue weighted by Crippen LogP contribution is -2.10. The van der Waals surface area contributed by atoms with Crippen molar-refractivity contribution in [3.63, 3.8) is 0 Å². The highest BCUT2D eigenvalue weighted by Crippen LogP contribution is 2.30. The molecule has 0 radical (unpaired) electrons. The first-order valence-corrected chi connectivity index (χ1v) is 11.8. The molecule has 0 N–H and O–H groups in total. The molecule has 0 saturated carbocycles. The van der Waals surface area contributed by atoms with E-state index < -0.39 is 5.97 Å². The monoisotopic (exact) mass is 427 g/mol. The molecule has 0 spiro atoms. The normalized spacial score (nSPS) is 10.6. The molecule has 2 aromatic rings. The molecular formula is C26H37NO4. The van der Waals surface area contributed by atoms with Crippen LogP contribution in [0.5, 0.6) is 17.2 Å². The van der Waals surface area contributed by atoms with Gasteiger partial charge < -0.3 is 14.2 Å². The van der Waals surface area contributed by atoms with Crippen molar-refractivity contribution >= 4 is 5.97 Å². The maximum Gasteiger partial charge on any atom is 0.343 e. The summed E-state index contributed by atoms with van der Waals surface area (Å²) in [5, 5.41) is 0. The highest BCUT2D eigenvalue weighted by Gasteiger charge is 2.14. The average Bonchev–Trinajstić information content (AvgIpc) is 2.79. The van der Waals surface area contributed by atoms with Crippen LogP contribution >= 0.6 is 0 Å². The quantitative estimate of drug-likeness (QED) is 0.213. The number of carbonyl (C=O) groups is 1. The number of aromatic nitrogens is 1. The first-order valence-electron chi connectivity index (χ1n) is 11.8. The number of unbranched alkanes of at least 4 members (excludes halogenated alkanes) is 8. The van der Waals surface area contributed by atoms with Crippen LogP contribution in [0.15, 0.2) is 42.7 Å². The van der Waals surface area contributed by atoms with Crippen LogP contribution in [0.4, 0.5) is 0 Å². The van der Waals surface area contributed by atoms with E-state index in [0.717, 1.165) is 25.7 Å². The SMILES string of the molecule is CCCCCCCOc1ccc(C(=O)Oc2cccnc2)cc1OCCCCCCC. The molecule has 0 aliphatic heterocycles. The molecule has 5 heteroatoms. The largest absolute Gasteiger partial charge is 0.490 e. The summed E-state index contributed by atoms with van der Waals surface area (Å²) < 4.78 is 17.4. The summed E-state index contributed by atoms with van der Waals surface area (Å²) in [6.45, 7) is 5.68. The van der Waals surface area contributed by atoms with Gasteiger partial charge in [0.05, 0.1) is 25.0 Å². The van der Waals surface area contributed by atoms with Crippen LogP contribution in [0.25, 0.3) is 0 Å². The average molecular weight is 428 g/mol. The van der Waals surface area contributed by atoms with E-state index >= 15 is 0 Å². The summed E-state index contributed by atoms with van der Waals surface area (Å²) in [4.78, 5) is 16.5. The second-order valence-electron chi connectivity index (χ2n) is 7.77. The molecule has 1 aromatic carbocycles. The molecule has 31 heavy (non-hydrogen) atoms. The highest BCUT2D eigenvalue weighted by atomic mass is 16.5. The van der Waals surface area contributed by atoms with Crippen LogP contribution in [0, 0.1) is 0 Å². The molecule has 1 aromatic heterocycles. The minimum absolute atomic E-state index is 0.415. The minimum atomic E-state index is -0.438. The van der Waals surface area contributed by atoms with Crippen molar-refractivity contribution in [1.82, 2.24) is 4.98 Å². The van der Waals surface area contributed by atoms with Gasteiger partial charge in [-0.25, -0.2) is 4.79 Å². The fourth-order valence-corrected chi connectivity index (χ4v) is 3.22. The highest BCUT2D eigenvalue weighted by molar-refractivity contribution is 5.91. The summed E-state index contributed by atoms with van der Waals surface area (Å²) >= 11 is 0. The lowest BCUT2D eigenvalue weighted by Gasteiger charge is -2.14. The number of pyridine rings is 1. The number of carbonyl (C=O) groups excluding carboxylic acids is 1. The van der Waals surface area contributed by atoms with Crippen LogP contribution in [-0.4, -0.2) is 24.2 Å². The molecule has 170 valence electrons. The number of nitrogens with zero attached hydrogens (tertiary/aromatic N) is 1. The predicted octanol–water partition coefficient (Wildman–Crippen LogP) is 7.00. The molecule has 0 aliphatic carbocycles. The van der Waals surface area contributed by atoms with Crippen molar-refractivity contribution in [3.05, 3.63) is 48.3 Å². The van der Waals surface area contributed by atoms with Crippen LogP contribution in [0.2, 0.25) is 0 Å². The van der Waals surface area contributed by atoms with E-state index in [4.69, 9.17) is 14.2 Å². The molecule has 1 heterocycles. The minimum Gasteiger partial charge on any atom is -0.490 e. The fraction of sp³-hybridized carbons (Fsp3) is 0.538. The van der Waals surface area contributed by atoms with Gasteiger partial charge in [0.25, 0.3) is 0 Å². The molecule has 0 unspecified atom stereocenters. The Labute approximate surface area is 187 Å². The van der Waals surface area contributed by atoms with Crippen LogP contribution in [0.3, 0.4) is 0 Å². The van der Waals surface area contributed by atoms with Crippen molar-refractivity contribution < 1.29 is 19.0 Å². The number of hydrogen-bond donors (Lipinski definition) is 0. The molecule has 0 amide bonds. The zero-order valence-corrected chi connectivity index (χ0v) is 19.1. The third-order valence-electron chi connectivity index (χ3n) is 5.04. The van der Waals surface area contributed by atoms with Crippen molar-refractivity contribution in [3.8, 4) is 17.2 Å². The maximum atomic E-state index is 12.5. The van der Waals surface area contributed by atoms with Crippen LogP contribution in [-0.2, 0) is 0 Å². The van der Waals surface area contributed by atoms with E-state index in [9.17, 15) is 4.79 Å². The first kappa shape index (κ1) is 24.7. The lowest BCUT2D eigenvalue weighted by atomic mass is 10.1. The standard InChI is InChI=1S/C26H37NO4/c1-3-5-7-9-11-18-29-24-16-15-22(26(28)31-23-14-13-17-27-21-23)20-25(24)30-19-12-10-8-6-4-2/h13-17,20-21H,3-12,18-19H2,1-2H3. The van der Waals surface area contributed by atoms with E-state index in [1.165, 1.54) is 44.7 Å². The second kappa shape index (κ2) is 15.3. The molecule has 2 rings (SSSR count). The van der Waals surface area contributed by atoms with E-state index in [0.29, 0.717) is 36.0 Å². The van der Waals surface area contributed by atoms with Crippen molar-refractivity contribution in [2.24, 2.45) is 0 Å². The van der Waals surface area contributed by atoms with E-state index in [1.807, 2.05) is 0 Å². The summed E-state index contributed by atoms with van der Waals surface area (Å²) in [6, 6.07) is 8.68. The van der Waals surface area contributed by atoms with Crippen molar-refractivity contribution in [1.29, 1.82) is 0 Å². The maximum absolute atomic E-state index is 12.5. The van der Waals surface area contributed by atoms with Gasteiger partial charge >= 0.3 is 5.97 Å². The lowest BCUT2D eigenvalue weighted by molar-refractivity contribution is 0.0733. The van der Waals surface area contributed by atoms with Gasteiger partial charge in [0, 0.05) is 6.20 Å². The topological polar surface area (TPSA) is 57.7 Å². The van der Waals surface area contributed by atoms with Gasteiger partial charge in [-0.2, -0.15) is 0 Å². The summed E-state index contributed by atoms with van der Waals surface area (Å²) in [6.07, 6.45) is 14.9. The van der Waals surface area contributed by atoms with Crippen molar-refractivity contribution in [2.45, 2.75) is 78.1 Å². The molecule has 0 fully saturated rings. The Balaban J connectivity index is 1.97. The molecule has 0 bridgehead atoms. The van der Waals surface area contributed by atoms with E-state index in [-0.39, 0.29) is 0 Å². The van der Waals surface area contributed by atoms with E-state index in [1.54, 1.807) is 36.5 Å². The summed E-state index contributed by atoms with van der Waals surface area (Å²) in [5.74, 6) is 1.26. The van der Waals surface area contributed by atoms with Gasteiger partial charge in [0.2, 0.25) is 0 Å². The number of benzene rings is 1. The predicted molar refractivity (Wildman–Crippen MR) is 124 cm³/mol.